The molecule has 1 atom stereocenters. The zero-order chi connectivity index (χ0) is 14.6. The van der Waals surface area contributed by atoms with E-state index in [-0.39, 0.29) is 11.0 Å². The molecule has 0 aliphatic heterocycles. The summed E-state index contributed by atoms with van der Waals surface area (Å²) >= 11 is 0. The van der Waals surface area contributed by atoms with Crippen LogP contribution in [0.15, 0.2) is 24.3 Å². The van der Waals surface area contributed by atoms with Crippen LogP contribution in [0.3, 0.4) is 0 Å². The zero-order valence-electron chi connectivity index (χ0n) is 13.5. The molecule has 0 radical (unpaired) electrons. The second kappa shape index (κ2) is 6.28. The average Bonchev–Trinajstić information content (AvgIpc) is 2.46. The van der Waals surface area contributed by atoms with E-state index in [4.69, 9.17) is 4.74 Å². The van der Waals surface area contributed by atoms with E-state index < -0.39 is 0 Å². The molecule has 1 aromatic carbocycles. The minimum Gasteiger partial charge on any atom is -0.379 e. The summed E-state index contributed by atoms with van der Waals surface area (Å²) in [4.78, 5) is 0. The van der Waals surface area contributed by atoms with Gasteiger partial charge in [0.15, 0.2) is 0 Å². The third-order valence-electron chi connectivity index (χ3n) is 4.96. The number of likely N-dealkylation sites (N-methyl/N-ethyl adjacent to an activating group) is 1. The lowest BCUT2D eigenvalue weighted by molar-refractivity contribution is 0.00768. The van der Waals surface area contributed by atoms with Crippen LogP contribution in [0.4, 0.5) is 0 Å². The van der Waals surface area contributed by atoms with E-state index in [0.717, 1.165) is 13.0 Å². The Morgan fingerprint density at radius 3 is 2.75 bits per heavy atom. The van der Waals surface area contributed by atoms with Gasteiger partial charge in [-0.1, -0.05) is 24.3 Å². The van der Waals surface area contributed by atoms with Crippen molar-refractivity contribution in [3.63, 3.8) is 0 Å². The van der Waals surface area contributed by atoms with Gasteiger partial charge in [0.25, 0.3) is 0 Å². The number of ether oxygens (including phenoxy) is 1. The summed E-state index contributed by atoms with van der Waals surface area (Å²) in [6.07, 6.45) is 6.09. The molecule has 0 fully saturated rings. The maximum absolute atomic E-state index is 5.62. The van der Waals surface area contributed by atoms with Crippen molar-refractivity contribution >= 4 is 0 Å². The van der Waals surface area contributed by atoms with Gasteiger partial charge in [0.05, 0.1) is 5.60 Å². The summed E-state index contributed by atoms with van der Waals surface area (Å²) < 4.78 is 5.62. The van der Waals surface area contributed by atoms with Crippen LogP contribution in [0.1, 0.15) is 50.7 Å². The highest BCUT2D eigenvalue weighted by atomic mass is 16.5. The van der Waals surface area contributed by atoms with E-state index in [1.54, 1.807) is 11.1 Å². The van der Waals surface area contributed by atoms with Gasteiger partial charge in [-0.05, 0) is 64.1 Å². The van der Waals surface area contributed by atoms with E-state index in [1.807, 2.05) is 7.11 Å². The number of fused-ring (bicyclic) bond motifs is 1. The fourth-order valence-corrected chi connectivity index (χ4v) is 3.52. The average molecular weight is 275 g/mol. The van der Waals surface area contributed by atoms with E-state index >= 15 is 0 Å². The Morgan fingerprint density at radius 1 is 1.30 bits per heavy atom. The van der Waals surface area contributed by atoms with Crippen molar-refractivity contribution in [2.24, 2.45) is 0 Å². The third kappa shape index (κ3) is 3.24. The summed E-state index contributed by atoms with van der Waals surface area (Å²) in [6, 6.07) is 9.01. The Hall–Kier alpha value is -0.860. The number of nitrogens with one attached hydrogen (secondary N) is 1. The highest BCUT2D eigenvalue weighted by Crippen LogP contribution is 2.41. The van der Waals surface area contributed by atoms with Crippen molar-refractivity contribution < 1.29 is 4.74 Å². The lowest BCUT2D eigenvalue weighted by Gasteiger charge is -2.41. The molecule has 2 rings (SSSR count). The fourth-order valence-electron chi connectivity index (χ4n) is 3.52. The Labute approximate surface area is 123 Å². The first-order chi connectivity index (χ1) is 9.53. The molecule has 1 aliphatic carbocycles. The number of rotatable bonds is 6. The Morgan fingerprint density at radius 2 is 2.05 bits per heavy atom. The SMILES string of the molecule is CNCC1(CCC(C)(C)OC)CCCc2ccccc21. The number of benzene rings is 1. The first-order valence-electron chi connectivity index (χ1n) is 7.81. The maximum atomic E-state index is 5.62. The monoisotopic (exact) mass is 275 g/mol. The summed E-state index contributed by atoms with van der Waals surface area (Å²) in [5.41, 5.74) is 3.35. The van der Waals surface area contributed by atoms with Crippen LogP contribution >= 0.6 is 0 Å². The van der Waals surface area contributed by atoms with Gasteiger partial charge in [0.2, 0.25) is 0 Å². The lowest BCUT2D eigenvalue weighted by Crippen LogP contribution is -2.41. The molecule has 1 N–H and O–H groups in total. The van der Waals surface area contributed by atoms with Crippen molar-refractivity contribution in [3.8, 4) is 0 Å². The van der Waals surface area contributed by atoms with Crippen molar-refractivity contribution in [3.05, 3.63) is 35.4 Å². The molecule has 0 saturated heterocycles. The molecule has 0 spiro atoms. The minimum absolute atomic E-state index is 0.0346. The third-order valence-corrected chi connectivity index (χ3v) is 4.96. The summed E-state index contributed by atoms with van der Waals surface area (Å²) in [5.74, 6) is 0. The topological polar surface area (TPSA) is 21.3 Å². The van der Waals surface area contributed by atoms with Crippen LogP contribution in [0.2, 0.25) is 0 Å². The molecule has 0 bridgehead atoms. The molecule has 0 heterocycles. The molecule has 0 amide bonds. The second-order valence-corrected chi connectivity index (χ2v) is 6.79. The van der Waals surface area contributed by atoms with Crippen molar-refractivity contribution in [1.82, 2.24) is 5.32 Å². The van der Waals surface area contributed by atoms with Gasteiger partial charge >= 0.3 is 0 Å². The lowest BCUT2D eigenvalue weighted by atomic mass is 9.66. The number of aryl methyl sites for hydroxylation is 1. The Kier molecular flexibility index (Phi) is 4.87. The summed E-state index contributed by atoms with van der Waals surface area (Å²) in [7, 11) is 3.89. The van der Waals surface area contributed by atoms with Crippen LogP contribution in [-0.4, -0.2) is 26.3 Å². The molecule has 2 heteroatoms. The summed E-state index contributed by atoms with van der Waals surface area (Å²) in [6.45, 7) is 5.44. The first kappa shape index (κ1) is 15.5. The predicted molar refractivity (Wildman–Crippen MR) is 85.3 cm³/mol. The normalized spacial score (nSPS) is 22.6. The van der Waals surface area contributed by atoms with Crippen LogP contribution < -0.4 is 5.32 Å². The highest BCUT2D eigenvalue weighted by Gasteiger charge is 2.37. The molecule has 2 nitrogen and oxygen atoms in total. The van der Waals surface area contributed by atoms with Crippen molar-refractivity contribution in [2.75, 3.05) is 20.7 Å². The first-order valence-corrected chi connectivity index (χ1v) is 7.81. The molecule has 112 valence electrons. The molecular weight excluding hydrogens is 246 g/mol. The van der Waals surface area contributed by atoms with Crippen LogP contribution in [0.25, 0.3) is 0 Å². The van der Waals surface area contributed by atoms with Crippen LogP contribution in [0.5, 0.6) is 0 Å². The second-order valence-electron chi connectivity index (χ2n) is 6.79. The van der Waals surface area contributed by atoms with Crippen LogP contribution in [-0.2, 0) is 16.6 Å². The van der Waals surface area contributed by atoms with E-state index in [2.05, 4.69) is 50.5 Å². The van der Waals surface area contributed by atoms with E-state index in [1.165, 1.54) is 25.7 Å². The number of hydrogen-bond donors (Lipinski definition) is 1. The maximum Gasteiger partial charge on any atom is 0.0623 e. The Bertz CT molecular complexity index is 441. The molecular formula is C18H29NO. The molecule has 0 aromatic heterocycles. The minimum atomic E-state index is -0.0346. The van der Waals surface area contributed by atoms with Gasteiger partial charge in [-0.25, -0.2) is 0 Å². The molecule has 1 aliphatic rings. The van der Waals surface area contributed by atoms with Crippen molar-refractivity contribution in [1.29, 1.82) is 0 Å². The molecule has 20 heavy (non-hydrogen) atoms. The van der Waals surface area contributed by atoms with Gasteiger partial charge in [0, 0.05) is 19.1 Å². The van der Waals surface area contributed by atoms with Crippen molar-refractivity contribution in [2.45, 2.75) is 57.0 Å². The van der Waals surface area contributed by atoms with Gasteiger partial charge < -0.3 is 10.1 Å². The van der Waals surface area contributed by atoms with E-state index in [0.29, 0.717) is 0 Å². The smallest absolute Gasteiger partial charge is 0.0623 e. The standard InChI is InChI=1S/C18H29NO/c1-17(2,20-4)12-13-18(14-19-3)11-7-9-15-8-5-6-10-16(15)18/h5-6,8,10,19H,7,9,11-14H2,1-4H3. The molecule has 0 saturated carbocycles. The fraction of sp³-hybridized carbons (Fsp3) is 0.667. The molecule has 1 aromatic rings. The largest absolute Gasteiger partial charge is 0.379 e. The van der Waals surface area contributed by atoms with Gasteiger partial charge in [-0.3, -0.25) is 0 Å². The predicted octanol–water partition coefficient (Wildman–Crippen LogP) is 3.69. The van der Waals surface area contributed by atoms with Gasteiger partial charge in [0.1, 0.15) is 0 Å². The number of hydrogen-bond acceptors (Lipinski definition) is 2. The van der Waals surface area contributed by atoms with Crippen LogP contribution in [0, 0.1) is 0 Å². The number of methoxy groups -OCH3 is 1. The Balaban J connectivity index is 2.27. The van der Waals surface area contributed by atoms with Gasteiger partial charge in [-0.2, -0.15) is 0 Å². The quantitative estimate of drug-likeness (QED) is 0.855. The molecule has 1 unspecified atom stereocenters. The van der Waals surface area contributed by atoms with Gasteiger partial charge in [-0.15, -0.1) is 0 Å². The highest BCUT2D eigenvalue weighted by molar-refractivity contribution is 5.37. The van der Waals surface area contributed by atoms with E-state index in [9.17, 15) is 0 Å². The zero-order valence-corrected chi connectivity index (χ0v) is 13.5. The summed E-state index contributed by atoms with van der Waals surface area (Å²) in [5, 5.41) is 3.43.